The summed E-state index contributed by atoms with van der Waals surface area (Å²) in [6, 6.07) is 15.7. The van der Waals surface area contributed by atoms with Gasteiger partial charge in [-0.05, 0) is 12.1 Å². The van der Waals surface area contributed by atoms with Crippen molar-refractivity contribution in [2.24, 2.45) is 0 Å². The highest BCUT2D eigenvalue weighted by molar-refractivity contribution is 5.75. The van der Waals surface area contributed by atoms with E-state index in [1.165, 1.54) is 10.7 Å². The molecule has 0 saturated carbocycles. The first-order valence-corrected chi connectivity index (χ1v) is 6.12. The Morgan fingerprint density at radius 3 is 2.30 bits per heavy atom. The lowest BCUT2D eigenvalue weighted by atomic mass is 10.1. The van der Waals surface area contributed by atoms with E-state index < -0.39 is 0 Å². The fraction of sp³-hybridized carbons (Fsp3) is 0. The molecule has 4 nitrogen and oxygen atoms in total. The van der Waals surface area contributed by atoms with Crippen LogP contribution in [0.25, 0.3) is 22.6 Å². The van der Waals surface area contributed by atoms with E-state index in [9.17, 15) is 4.39 Å². The number of halogens is 1. The van der Waals surface area contributed by atoms with Crippen LogP contribution in [0.4, 0.5) is 10.2 Å². The third-order valence-corrected chi connectivity index (χ3v) is 3.11. The van der Waals surface area contributed by atoms with Crippen LogP contribution in [0.2, 0.25) is 0 Å². The molecule has 0 aliphatic rings. The van der Waals surface area contributed by atoms with E-state index in [1.807, 2.05) is 30.3 Å². The van der Waals surface area contributed by atoms with Gasteiger partial charge < -0.3 is 11.6 Å². The molecule has 0 saturated heterocycles. The number of imidazole rings is 1. The second-order valence-electron chi connectivity index (χ2n) is 4.39. The SMILES string of the molecule is Nc1c(-c2ccccc2F)nc(-c2ccccc2)n1N. The van der Waals surface area contributed by atoms with E-state index in [4.69, 9.17) is 11.6 Å². The minimum Gasteiger partial charge on any atom is -0.382 e. The van der Waals surface area contributed by atoms with E-state index in [0.717, 1.165) is 5.56 Å². The molecule has 0 bridgehead atoms. The first-order valence-electron chi connectivity index (χ1n) is 6.12. The highest BCUT2D eigenvalue weighted by atomic mass is 19.1. The van der Waals surface area contributed by atoms with Gasteiger partial charge in [-0.2, -0.15) is 0 Å². The molecule has 0 aliphatic heterocycles. The van der Waals surface area contributed by atoms with Crippen LogP contribution < -0.4 is 11.6 Å². The Morgan fingerprint density at radius 1 is 0.950 bits per heavy atom. The van der Waals surface area contributed by atoms with Gasteiger partial charge >= 0.3 is 0 Å². The number of benzene rings is 2. The largest absolute Gasteiger partial charge is 0.382 e. The highest BCUT2D eigenvalue weighted by Gasteiger charge is 2.17. The van der Waals surface area contributed by atoms with Gasteiger partial charge in [-0.25, -0.2) is 14.1 Å². The van der Waals surface area contributed by atoms with Crippen LogP contribution in [-0.4, -0.2) is 9.66 Å². The van der Waals surface area contributed by atoms with Crippen molar-refractivity contribution in [2.45, 2.75) is 0 Å². The Bertz CT molecular complexity index is 750. The van der Waals surface area contributed by atoms with Crippen LogP contribution in [0.5, 0.6) is 0 Å². The van der Waals surface area contributed by atoms with Crippen molar-refractivity contribution in [3.8, 4) is 22.6 Å². The zero-order valence-corrected chi connectivity index (χ0v) is 10.6. The molecule has 100 valence electrons. The van der Waals surface area contributed by atoms with Gasteiger partial charge in [-0.15, -0.1) is 0 Å². The van der Waals surface area contributed by atoms with Gasteiger partial charge in [-0.3, -0.25) is 0 Å². The summed E-state index contributed by atoms with van der Waals surface area (Å²) >= 11 is 0. The molecule has 1 heterocycles. The summed E-state index contributed by atoms with van der Waals surface area (Å²) in [6.45, 7) is 0. The van der Waals surface area contributed by atoms with Crippen LogP contribution in [0.15, 0.2) is 54.6 Å². The molecule has 0 aliphatic carbocycles. The molecule has 0 amide bonds. The minimum absolute atomic E-state index is 0.231. The van der Waals surface area contributed by atoms with E-state index in [0.29, 0.717) is 17.1 Å². The van der Waals surface area contributed by atoms with E-state index in [-0.39, 0.29) is 11.6 Å². The van der Waals surface area contributed by atoms with Crippen LogP contribution in [0.3, 0.4) is 0 Å². The summed E-state index contributed by atoms with van der Waals surface area (Å²) in [7, 11) is 0. The third kappa shape index (κ3) is 1.89. The molecule has 20 heavy (non-hydrogen) atoms. The number of nitrogens with two attached hydrogens (primary N) is 2. The molecule has 3 rings (SSSR count). The van der Waals surface area contributed by atoms with Crippen molar-refractivity contribution in [1.29, 1.82) is 0 Å². The molecule has 4 N–H and O–H groups in total. The fourth-order valence-corrected chi connectivity index (χ4v) is 2.09. The van der Waals surface area contributed by atoms with Crippen molar-refractivity contribution in [2.75, 3.05) is 11.6 Å². The number of nitrogens with zero attached hydrogens (tertiary/aromatic N) is 2. The van der Waals surface area contributed by atoms with Crippen molar-refractivity contribution in [3.05, 3.63) is 60.4 Å². The number of rotatable bonds is 2. The number of aromatic nitrogens is 2. The second-order valence-corrected chi connectivity index (χ2v) is 4.39. The van der Waals surface area contributed by atoms with Crippen LogP contribution in [0, 0.1) is 5.82 Å². The summed E-state index contributed by atoms with van der Waals surface area (Å²) in [6.07, 6.45) is 0. The first kappa shape index (κ1) is 12.2. The van der Waals surface area contributed by atoms with Gasteiger partial charge in [0.1, 0.15) is 11.5 Å². The Morgan fingerprint density at radius 2 is 1.60 bits per heavy atom. The van der Waals surface area contributed by atoms with Crippen molar-refractivity contribution in [1.82, 2.24) is 9.66 Å². The lowest BCUT2D eigenvalue weighted by Gasteiger charge is -2.02. The molecular formula is C15H13FN4. The van der Waals surface area contributed by atoms with Crippen LogP contribution in [-0.2, 0) is 0 Å². The maximum atomic E-state index is 13.9. The molecule has 0 radical (unpaired) electrons. The van der Waals surface area contributed by atoms with Gasteiger partial charge in [0, 0.05) is 11.1 Å². The molecule has 0 fully saturated rings. The average molecular weight is 268 g/mol. The van der Waals surface area contributed by atoms with Gasteiger partial charge in [0.15, 0.2) is 11.6 Å². The van der Waals surface area contributed by atoms with Crippen LogP contribution in [0.1, 0.15) is 0 Å². The third-order valence-electron chi connectivity index (χ3n) is 3.11. The summed E-state index contributed by atoms with van der Waals surface area (Å²) in [5, 5.41) is 0. The van der Waals surface area contributed by atoms with Gasteiger partial charge in [0.2, 0.25) is 0 Å². The average Bonchev–Trinajstić information content (AvgIpc) is 2.77. The van der Waals surface area contributed by atoms with Gasteiger partial charge in [0.05, 0.1) is 0 Å². The summed E-state index contributed by atoms with van der Waals surface area (Å²) in [4.78, 5) is 4.38. The quantitative estimate of drug-likeness (QED) is 0.702. The van der Waals surface area contributed by atoms with E-state index in [2.05, 4.69) is 4.98 Å². The summed E-state index contributed by atoms with van der Waals surface area (Å²) < 4.78 is 15.1. The van der Waals surface area contributed by atoms with Crippen LogP contribution >= 0.6 is 0 Å². The molecule has 0 spiro atoms. The first-order chi connectivity index (χ1) is 9.68. The molecule has 2 aromatic carbocycles. The zero-order chi connectivity index (χ0) is 14.1. The predicted octanol–water partition coefficient (Wildman–Crippen LogP) is 2.65. The molecule has 0 unspecified atom stereocenters. The van der Waals surface area contributed by atoms with Crippen molar-refractivity contribution < 1.29 is 4.39 Å². The maximum Gasteiger partial charge on any atom is 0.160 e. The standard InChI is InChI=1S/C15H13FN4/c16-12-9-5-4-8-11(12)13-14(17)20(18)15(19-13)10-6-2-1-3-7-10/h1-9H,17-18H2. The molecule has 5 heteroatoms. The molecule has 1 aromatic heterocycles. The second kappa shape index (κ2) is 4.70. The van der Waals surface area contributed by atoms with E-state index in [1.54, 1.807) is 18.2 Å². The lowest BCUT2D eigenvalue weighted by molar-refractivity contribution is 0.631. The summed E-state index contributed by atoms with van der Waals surface area (Å²) in [5.41, 5.74) is 7.46. The highest BCUT2D eigenvalue weighted by Crippen LogP contribution is 2.30. The smallest absolute Gasteiger partial charge is 0.160 e. The lowest BCUT2D eigenvalue weighted by Crippen LogP contribution is -2.13. The zero-order valence-electron chi connectivity index (χ0n) is 10.6. The maximum absolute atomic E-state index is 13.9. The Balaban J connectivity index is 2.19. The predicted molar refractivity (Wildman–Crippen MR) is 77.6 cm³/mol. The minimum atomic E-state index is -0.378. The Kier molecular flexibility index (Phi) is 2.87. The number of nitrogen functional groups attached to an aromatic ring is 2. The van der Waals surface area contributed by atoms with Gasteiger partial charge in [-0.1, -0.05) is 42.5 Å². The van der Waals surface area contributed by atoms with E-state index >= 15 is 0 Å². The Labute approximate surface area is 115 Å². The van der Waals surface area contributed by atoms with Gasteiger partial charge in [0.25, 0.3) is 0 Å². The van der Waals surface area contributed by atoms with Crippen molar-refractivity contribution >= 4 is 5.82 Å². The number of hydrogen-bond donors (Lipinski definition) is 2. The summed E-state index contributed by atoms with van der Waals surface area (Å²) in [5.74, 6) is 6.28. The number of anilines is 1. The number of hydrogen-bond acceptors (Lipinski definition) is 3. The topological polar surface area (TPSA) is 69.9 Å². The van der Waals surface area contributed by atoms with Crippen molar-refractivity contribution in [3.63, 3.8) is 0 Å². The monoisotopic (exact) mass is 268 g/mol. The normalized spacial score (nSPS) is 10.7. The molecular weight excluding hydrogens is 255 g/mol. The molecule has 3 aromatic rings. The molecule has 0 atom stereocenters. The Hall–Kier alpha value is -2.82. The fourth-order valence-electron chi connectivity index (χ4n) is 2.09.